The lowest BCUT2D eigenvalue weighted by atomic mass is 9.99. The predicted molar refractivity (Wildman–Crippen MR) is 57.7 cm³/mol. The molecule has 0 saturated heterocycles. The van der Waals surface area contributed by atoms with Gasteiger partial charge >= 0.3 is 5.97 Å². The van der Waals surface area contributed by atoms with Gasteiger partial charge in [-0.2, -0.15) is 0 Å². The number of carbonyl (C=O) groups is 2. The number of rotatable bonds is 5. The van der Waals surface area contributed by atoms with Gasteiger partial charge in [-0.1, -0.05) is 0 Å². The minimum atomic E-state index is -0.928. The van der Waals surface area contributed by atoms with Gasteiger partial charge in [-0.3, -0.25) is 14.6 Å². The van der Waals surface area contributed by atoms with Crippen LogP contribution in [-0.4, -0.2) is 29.9 Å². The Morgan fingerprint density at radius 3 is 2.56 bits per heavy atom. The molecule has 1 heterocycles. The van der Waals surface area contributed by atoms with E-state index in [0.29, 0.717) is 5.56 Å². The SMILES string of the molecule is CCOC(=O)C(CN)C(=O)c1ccncc1. The monoisotopic (exact) mass is 222 g/mol. The third-order valence-corrected chi connectivity index (χ3v) is 2.09. The summed E-state index contributed by atoms with van der Waals surface area (Å²) in [5, 5.41) is 0. The molecule has 1 atom stereocenters. The molecule has 0 fully saturated rings. The maximum atomic E-state index is 11.9. The van der Waals surface area contributed by atoms with Gasteiger partial charge in [-0.05, 0) is 19.1 Å². The van der Waals surface area contributed by atoms with E-state index in [0.717, 1.165) is 0 Å². The van der Waals surface area contributed by atoms with Crippen LogP contribution in [0.1, 0.15) is 17.3 Å². The third-order valence-electron chi connectivity index (χ3n) is 2.09. The van der Waals surface area contributed by atoms with Crippen molar-refractivity contribution in [3.63, 3.8) is 0 Å². The predicted octanol–water partition coefficient (Wildman–Crippen LogP) is 0.402. The molecule has 0 aliphatic rings. The summed E-state index contributed by atoms with van der Waals surface area (Å²) in [5.41, 5.74) is 5.82. The highest BCUT2D eigenvalue weighted by molar-refractivity contribution is 6.08. The molecule has 0 aliphatic heterocycles. The van der Waals surface area contributed by atoms with Gasteiger partial charge in [0.05, 0.1) is 6.61 Å². The highest BCUT2D eigenvalue weighted by Crippen LogP contribution is 2.09. The highest BCUT2D eigenvalue weighted by Gasteiger charge is 2.27. The minimum Gasteiger partial charge on any atom is -0.465 e. The fourth-order valence-corrected chi connectivity index (χ4v) is 1.27. The summed E-state index contributed by atoms with van der Waals surface area (Å²) in [6.07, 6.45) is 2.98. The molecule has 1 aromatic heterocycles. The standard InChI is InChI=1S/C11H14N2O3/c1-2-16-11(15)9(7-12)10(14)8-3-5-13-6-4-8/h3-6,9H,2,7,12H2,1H3. The van der Waals surface area contributed by atoms with Crippen LogP contribution < -0.4 is 5.73 Å². The van der Waals surface area contributed by atoms with Gasteiger partial charge < -0.3 is 10.5 Å². The average molecular weight is 222 g/mol. The molecule has 0 saturated carbocycles. The van der Waals surface area contributed by atoms with E-state index >= 15 is 0 Å². The summed E-state index contributed by atoms with van der Waals surface area (Å²) < 4.78 is 4.78. The molecule has 0 amide bonds. The number of Topliss-reactive ketones (excluding diaryl/α,β-unsaturated/α-hetero) is 1. The molecular formula is C11H14N2O3. The molecule has 5 heteroatoms. The van der Waals surface area contributed by atoms with Crippen molar-refractivity contribution in [3.05, 3.63) is 30.1 Å². The first-order valence-corrected chi connectivity index (χ1v) is 5.01. The van der Waals surface area contributed by atoms with Gasteiger partial charge in [0.2, 0.25) is 0 Å². The number of hydrogen-bond acceptors (Lipinski definition) is 5. The number of nitrogens with zero attached hydrogens (tertiary/aromatic N) is 1. The number of hydrogen-bond donors (Lipinski definition) is 1. The molecule has 5 nitrogen and oxygen atoms in total. The van der Waals surface area contributed by atoms with E-state index in [1.165, 1.54) is 12.4 Å². The van der Waals surface area contributed by atoms with E-state index in [-0.39, 0.29) is 18.9 Å². The van der Waals surface area contributed by atoms with Gasteiger partial charge in [0.25, 0.3) is 0 Å². The molecular weight excluding hydrogens is 208 g/mol. The Labute approximate surface area is 93.6 Å². The number of ether oxygens (including phenoxy) is 1. The topological polar surface area (TPSA) is 82.3 Å². The molecule has 0 aliphatic carbocycles. The fraction of sp³-hybridized carbons (Fsp3) is 0.364. The molecule has 1 rings (SSSR count). The van der Waals surface area contributed by atoms with Crippen molar-refractivity contribution in [2.75, 3.05) is 13.2 Å². The summed E-state index contributed by atoms with van der Waals surface area (Å²) in [4.78, 5) is 27.1. The number of pyridine rings is 1. The number of aromatic nitrogens is 1. The molecule has 0 spiro atoms. The smallest absolute Gasteiger partial charge is 0.318 e. The van der Waals surface area contributed by atoms with Crippen LogP contribution in [0.3, 0.4) is 0 Å². The zero-order valence-electron chi connectivity index (χ0n) is 9.05. The minimum absolute atomic E-state index is 0.0556. The lowest BCUT2D eigenvalue weighted by Crippen LogP contribution is -2.33. The fourth-order valence-electron chi connectivity index (χ4n) is 1.27. The van der Waals surface area contributed by atoms with Crippen molar-refractivity contribution < 1.29 is 14.3 Å². The molecule has 2 N–H and O–H groups in total. The quantitative estimate of drug-likeness (QED) is 0.443. The first-order chi connectivity index (χ1) is 7.70. The van der Waals surface area contributed by atoms with Crippen molar-refractivity contribution in [1.82, 2.24) is 4.98 Å². The van der Waals surface area contributed by atoms with Gasteiger partial charge in [-0.25, -0.2) is 0 Å². The van der Waals surface area contributed by atoms with E-state index in [9.17, 15) is 9.59 Å². The van der Waals surface area contributed by atoms with Gasteiger partial charge in [0.1, 0.15) is 5.92 Å². The number of carbonyl (C=O) groups excluding carboxylic acids is 2. The summed E-state index contributed by atoms with van der Waals surface area (Å²) >= 11 is 0. The Bertz CT molecular complexity index is 365. The van der Waals surface area contributed by atoms with Crippen LogP contribution in [0.4, 0.5) is 0 Å². The van der Waals surface area contributed by atoms with Crippen LogP contribution in [-0.2, 0) is 9.53 Å². The highest BCUT2D eigenvalue weighted by atomic mass is 16.5. The van der Waals surface area contributed by atoms with E-state index in [1.54, 1.807) is 19.1 Å². The second-order valence-corrected chi connectivity index (χ2v) is 3.14. The zero-order chi connectivity index (χ0) is 12.0. The van der Waals surface area contributed by atoms with E-state index in [4.69, 9.17) is 10.5 Å². The number of ketones is 1. The lowest BCUT2D eigenvalue weighted by molar-refractivity contribution is -0.145. The van der Waals surface area contributed by atoms with Crippen LogP contribution in [0.15, 0.2) is 24.5 Å². The van der Waals surface area contributed by atoms with Crippen LogP contribution in [0.25, 0.3) is 0 Å². The van der Waals surface area contributed by atoms with Crippen molar-refractivity contribution in [1.29, 1.82) is 0 Å². The van der Waals surface area contributed by atoms with Gasteiger partial charge in [0, 0.05) is 24.5 Å². The van der Waals surface area contributed by atoms with Gasteiger partial charge in [0.15, 0.2) is 5.78 Å². The molecule has 0 aromatic carbocycles. The Morgan fingerprint density at radius 1 is 1.44 bits per heavy atom. The average Bonchev–Trinajstić information content (AvgIpc) is 2.31. The van der Waals surface area contributed by atoms with Crippen LogP contribution in [0, 0.1) is 5.92 Å². The van der Waals surface area contributed by atoms with Crippen LogP contribution in [0.5, 0.6) is 0 Å². The molecule has 86 valence electrons. The number of esters is 1. The largest absolute Gasteiger partial charge is 0.465 e. The molecule has 16 heavy (non-hydrogen) atoms. The Balaban J connectivity index is 2.82. The Hall–Kier alpha value is -1.75. The Morgan fingerprint density at radius 2 is 2.06 bits per heavy atom. The van der Waals surface area contributed by atoms with Crippen LogP contribution in [0.2, 0.25) is 0 Å². The first kappa shape index (κ1) is 12.3. The van der Waals surface area contributed by atoms with Crippen LogP contribution >= 0.6 is 0 Å². The summed E-state index contributed by atoms with van der Waals surface area (Å²) in [5.74, 6) is -1.84. The Kier molecular flexibility index (Phi) is 4.60. The van der Waals surface area contributed by atoms with Crippen molar-refractivity contribution >= 4 is 11.8 Å². The second-order valence-electron chi connectivity index (χ2n) is 3.14. The molecule has 0 bridgehead atoms. The summed E-state index contributed by atoms with van der Waals surface area (Å²) in [6.45, 7) is 1.86. The van der Waals surface area contributed by atoms with Crippen molar-refractivity contribution in [2.45, 2.75) is 6.92 Å². The maximum absolute atomic E-state index is 11.9. The van der Waals surface area contributed by atoms with E-state index < -0.39 is 11.9 Å². The third kappa shape index (κ3) is 2.87. The zero-order valence-corrected chi connectivity index (χ0v) is 9.05. The van der Waals surface area contributed by atoms with Crippen molar-refractivity contribution in [2.24, 2.45) is 11.7 Å². The lowest BCUT2D eigenvalue weighted by Gasteiger charge is -2.11. The summed E-state index contributed by atoms with van der Waals surface area (Å²) in [7, 11) is 0. The van der Waals surface area contributed by atoms with E-state index in [2.05, 4.69) is 4.98 Å². The molecule has 1 unspecified atom stereocenters. The molecule has 1 aromatic rings. The van der Waals surface area contributed by atoms with Gasteiger partial charge in [-0.15, -0.1) is 0 Å². The normalized spacial score (nSPS) is 11.9. The molecule has 0 radical (unpaired) electrons. The van der Waals surface area contributed by atoms with E-state index in [1.807, 2.05) is 0 Å². The maximum Gasteiger partial charge on any atom is 0.318 e. The summed E-state index contributed by atoms with van der Waals surface area (Å²) in [6, 6.07) is 3.09. The first-order valence-electron chi connectivity index (χ1n) is 5.01. The number of nitrogens with two attached hydrogens (primary N) is 1. The second kappa shape index (κ2) is 5.97. The van der Waals surface area contributed by atoms with Crippen molar-refractivity contribution in [3.8, 4) is 0 Å².